The van der Waals surface area contributed by atoms with Gasteiger partial charge in [0.1, 0.15) is 0 Å². The van der Waals surface area contributed by atoms with Gasteiger partial charge in [0.05, 0.1) is 63.5 Å². The van der Waals surface area contributed by atoms with E-state index in [0.29, 0.717) is 0 Å². The average molecular weight is 976 g/mol. The molecule has 1 spiro atoms. The Kier molecular flexibility index (Phi) is 20.9. The molecule has 3 heterocycles. The van der Waals surface area contributed by atoms with Crippen LogP contribution in [0, 0.1) is 13.8 Å². The normalized spacial score (nSPS) is 16.3. The third-order valence-corrected chi connectivity index (χ3v) is 17.8. The number of rotatable bonds is 34. The van der Waals surface area contributed by atoms with E-state index in [9.17, 15) is 0 Å². The maximum Gasteiger partial charge on any atom is 0.715 e. The molecule has 3 aliphatic rings. The zero-order valence-corrected chi connectivity index (χ0v) is 48.1. The summed E-state index contributed by atoms with van der Waals surface area (Å²) in [6, 6.07) is 17.5. The first-order valence-electron chi connectivity index (χ1n) is 30.0. The van der Waals surface area contributed by atoms with Crippen molar-refractivity contribution in [1.29, 1.82) is 0 Å². The quantitative estimate of drug-likeness (QED) is 0.0440. The Bertz CT molecular complexity index is 2130. The number of fused-ring (bicyclic) bond motifs is 5. The number of benzene rings is 3. The van der Waals surface area contributed by atoms with Crippen LogP contribution in [0.25, 0.3) is 0 Å². The van der Waals surface area contributed by atoms with Crippen LogP contribution in [0.4, 0.5) is 11.4 Å². The van der Waals surface area contributed by atoms with Crippen LogP contribution in [-0.4, -0.2) is 88.9 Å². The molecule has 71 heavy (non-hydrogen) atoms. The first-order valence-corrected chi connectivity index (χ1v) is 30.0. The van der Waals surface area contributed by atoms with Crippen molar-refractivity contribution in [2.45, 2.75) is 241 Å². The molecule has 6 heteroatoms. The lowest BCUT2D eigenvalue weighted by atomic mass is 9.73. The summed E-state index contributed by atoms with van der Waals surface area (Å²) >= 11 is 0. The van der Waals surface area contributed by atoms with Gasteiger partial charge in [-0.25, -0.2) is 0 Å². The molecule has 0 fully saturated rings. The molecule has 394 valence electrons. The molecule has 0 amide bonds. The molecule has 0 bridgehead atoms. The number of quaternary nitrogens is 2. The van der Waals surface area contributed by atoms with Crippen LogP contribution in [0.3, 0.4) is 0 Å². The fourth-order valence-electron chi connectivity index (χ4n) is 13.0. The molecule has 1 atom stereocenters. The third kappa shape index (κ3) is 13.1. The number of aryl methyl sites for hydroxylation is 2. The number of para-hydroxylation sites is 2. The monoisotopic (exact) mass is 975 g/mol. The van der Waals surface area contributed by atoms with Crippen molar-refractivity contribution in [2.75, 3.05) is 52.4 Å². The first kappa shape index (κ1) is 56.8. The Labute approximate surface area is 436 Å². The third-order valence-electron chi connectivity index (χ3n) is 17.8. The van der Waals surface area contributed by atoms with Crippen LogP contribution >= 0.6 is 0 Å². The summed E-state index contributed by atoms with van der Waals surface area (Å²) < 4.78 is 22.1. The molecule has 0 aromatic heterocycles. The molecule has 0 aliphatic carbocycles. The molecule has 6 nitrogen and oxygen atoms in total. The highest BCUT2D eigenvalue weighted by Gasteiger charge is 2.72. The van der Waals surface area contributed by atoms with Crippen molar-refractivity contribution >= 4 is 23.8 Å². The lowest BCUT2D eigenvalue weighted by Gasteiger charge is -2.42. The van der Waals surface area contributed by atoms with Crippen LogP contribution < -0.4 is 9.47 Å². The lowest BCUT2D eigenvalue weighted by molar-refractivity contribution is -0.929. The minimum atomic E-state index is -1.19. The molecule has 6 rings (SSSR count). The van der Waals surface area contributed by atoms with E-state index in [-0.39, 0.29) is 10.8 Å². The average Bonchev–Trinajstić information content (AvgIpc) is 3.65. The maximum absolute atomic E-state index is 7.48. The smallest absolute Gasteiger partial charge is 0.340 e. The van der Waals surface area contributed by atoms with Gasteiger partial charge in [-0.15, -0.1) is 0 Å². The van der Waals surface area contributed by atoms with Crippen molar-refractivity contribution in [3.63, 3.8) is 0 Å². The maximum atomic E-state index is 7.48. The van der Waals surface area contributed by atoms with Gasteiger partial charge >= 0.3 is 6.03 Å². The van der Waals surface area contributed by atoms with Gasteiger partial charge < -0.3 is 18.4 Å². The molecule has 0 saturated carbocycles. The topological polar surface area (TPSA) is 24.5 Å². The van der Waals surface area contributed by atoms with Gasteiger partial charge in [0.2, 0.25) is 0 Å². The fraction of sp³-hybridized carbons (Fsp3) is 0.692. The van der Waals surface area contributed by atoms with E-state index in [0.717, 1.165) is 34.0 Å². The summed E-state index contributed by atoms with van der Waals surface area (Å²) in [5.41, 5.74) is 9.99. The van der Waals surface area contributed by atoms with Crippen LogP contribution in [-0.2, 0) is 10.8 Å². The number of hydrogen-bond donors (Lipinski definition) is 0. The predicted molar refractivity (Wildman–Crippen MR) is 304 cm³/mol. The van der Waals surface area contributed by atoms with Crippen molar-refractivity contribution in [3.8, 4) is 11.5 Å². The second-order valence-electron chi connectivity index (χ2n) is 23.8. The van der Waals surface area contributed by atoms with E-state index in [1.807, 2.05) is 0 Å². The van der Waals surface area contributed by atoms with Crippen molar-refractivity contribution in [3.05, 3.63) is 81.9 Å². The number of hydrogen-bond acceptors (Lipinski definition) is 2. The summed E-state index contributed by atoms with van der Waals surface area (Å²) in [5.74, 6) is 1.86. The van der Waals surface area contributed by atoms with Gasteiger partial charge in [0.25, 0.3) is 11.4 Å². The highest BCUT2D eigenvalue weighted by molar-refractivity contribution is 5.87. The zero-order chi connectivity index (χ0) is 51.1. The summed E-state index contributed by atoms with van der Waals surface area (Å²) in [6.45, 7) is 39.3. The molecule has 1 unspecified atom stereocenters. The number of ether oxygens (including phenoxy) is 2. The van der Waals surface area contributed by atoms with E-state index >= 15 is 0 Å². The van der Waals surface area contributed by atoms with Gasteiger partial charge in [0, 0.05) is 12.1 Å². The van der Waals surface area contributed by atoms with Crippen LogP contribution in [0.15, 0.2) is 48.5 Å². The van der Waals surface area contributed by atoms with Gasteiger partial charge in [-0.05, 0) is 145 Å². The van der Waals surface area contributed by atoms with Gasteiger partial charge in [-0.3, -0.25) is 0 Å². The summed E-state index contributed by atoms with van der Waals surface area (Å²) in [5, 5.41) is 0. The molecule has 3 aliphatic heterocycles. The van der Waals surface area contributed by atoms with Crippen LogP contribution in [0.2, 0.25) is 0 Å². The van der Waals surface area contributed by atoms with E-state index in [4.69, 9.17) is 9.47 Å². The second-order valence-corrected chi connectivity index (χ2v) is 23.8. The molecule has 0 N–H and O–H groups in total. The molecular formula is C65H106N4O2+4. The Morgan fingerprint density at radius 2 is 0.718 bits per heavy atom. The highest BCUT2D eigenvalue weighted by Crippen LogP contribution is 2.51. The molecule has 0 saturated heterocycles. The number of nitrogens with zero attached hydrogens (tertiary/aromatic N) is 4. The highest BCUT2D eigenvalue weighted by atomic mass is 16.7. The first-order chi connectivity index (χ1) is 34.3. The van der Waals surface area contributed by atoms with E-state index in [1.54, 1.807) is 0 Å². The van der Waals surface area contributed by atoms with Crippen LogP contribution in [0.5, 0.6) is 11.5 Å². The Balaban J connectivity index is 1.41. The summed E-state index contributed by atoms with van der Waals surface area (Å²) in [7, 11) is 0. The van der Waals surface area contributed by atoms with Gasteiger partial charge in [-0.1, -0.05) is 158 Å². The second kappa shape index (κ2) is 26.1. The Morgan fingerprint density at radius 3 is 1.03 bits per heavy atom. The van der Waals surface area contributed by atoms with E-state index in [1.165, 1.54) is 225 Å². The SMILES string of the molecule is CCCCC(C)(CCCC)c1cc(C)c2c(c1)C=[N+]1c3ccccc3[N+]3=Cc4cc(C(C)(CCC[N+](CCCC)(CCCC)CCCC)CCC[N+](CCCC)(CCCC)CCCC)cc(C)c4OC13O2. The fourth-order valence-corrected chi connectivity index (χ4v) is 13.0. The summed E-state index contributed by atoms with van der Waals surface area (Å²) in [6.07, 6.45) is 32.7. The molecule has 3 aromatic carbocycles. The largest absolute Gasteiger partial charge is 0.715 e. The number of unbranched alkanes of at least 4 members (excludes halogenated alkanes) is 8. The lowest BCUT2D eigenvalue weighted by Crippen LogP contribution is -2.59. The van der Waals surface area contributed by atoms with E-state index in [2.05, 4.69) is 153 Å². The summed E-state index contributed by atoms with van der Waals surface area (Å²) in [4.78, 5) is 0. The van der Waals surface area contributed by atoms with Crippen molar-refractivity contribution < 1.29 is 27.6 Å². The van der Waals surface area contributed by atoms with E-state index < -0.39 is 6.03 Å². The molecular weight excluding hydrogens is 869 g/mol. The van der Waals surface area contributed by atoms with Gasteiger partial charge in [0.15, 0.2) is 23.9 Å². The molecule has 3 aromatic rings. The zero-order valence-electron chi connectivity index (χ0n) is 48.1. The molecule has 0 radical (unpaired) electrons. The minimum absolute atomic E-state index is 0.0369. The Hall–Kier alpha value is -3.48. The van der Waals surface area contributed by atoms with Gasteiger partial charge in [-0.2, -0.15) is 0 Å². The van der Waals surface area contributed by atoms with Crippen LogP contribution in [0.1, 0.15) is 244 Å². The standard InChI is InChI=1S/C65H106N4O2/c1-13-21-35-63(11,36-22-14-2)57-47-53(9)61-55(49-57)51-66-59-33-29-30-34-60(59)67-52-56-50-58(48-54(10)62(56)71-65(66,67)70-61)64(12,37-31-45-68(39-23-15-3,40-24-16-4)41-25-17-5)38-32-46-69(42-26-18-6,43-27-19-7)44-28-20-8/h29-30,33-34,47-52H,13-28,31-32,35-46H2,1-12H3/q+4. The minimum Gasteiger partial charge on any atom is -0.340 e. The Morgan fingerprint density at radius 1 is 0.423 bits per heavy atom. The predicted octanol–water partition coefficient (Wildman–Crippen LogP) is 17.1. The van der Waals surface area contributed by atoms with Crippen molar-refractivity contribution in [2.24, 2.45) is 0 Å². The van der Waals surface area contributed by atoms with Crippen molar-refractivity contribution in [1.82, 2.24) is 0 Å².